The van der Waals surface area contributed by atoms with Gasteiger partial charge in [0, 0.05) is 12.5 Å². The fourth-order valence-corrected chi connectivity index (χ4v) is 2.30. The average molecular weight is 318 g/mol. The summed E-state index contributed by atoms with van der Waals surface area (Å²) in [5, 5.41) is 0.544. The van der Waals surface area contributed by atoms with Crippen LogP contribution >= 0.6 is 0 Å². The fourth-order valence-electron chi connectivity index (χ4n) is 2.30. The van der Waals surface area contributed by atoms with Crippen molar-refractivity contribution < 1.29 is 13.9 Å². The van der Waals surface area contributed by atoms with E-state index in [9.17, 15) is 9.59 Å². The quantitative estimate of drug-likeness (QED) is 0.392. The van der Waals surface area contributed by atoms with Crippen LogP contribution < -0.4 is 10.4 Å². The number of hydrogen-bond donors (Lipinski definition) is 0. The second-order valence-electron chi connectivity index (χ2n) is 5.30. The van der Waals surface area contributed by atoms with Gasteiger partial charge in [0.2, 0.25) is 0 Å². The van der Waals surface area contributed by atoms with Crippen LogP contribution in [0.3, 0.4) is 0 Å². The van der Waals surface area contributed by atoms with Gasteiger partial charge in [0.25, 0.3) is 0 Å². The Morgan fingerprint density at radius 1 is 1.08 bits per heavy atom. The minimum Gasteiger partial charge on any atom is -0.424 e. The lowest BCUT2D eigenvalue weighted by Crippen LogP contribution is -2.11. The number of fused-ring (bicyclic) bond motifs is 1. The molecule has 0 saturated carbocycles. The summed E-state index contributed by atoms with van der Waals surface area (Å²) in [6, 6.07) is 14.5. The second-order valence-corrected chi connectivity index (χ2v) is 5.30. The molecule has 1 aromatic heterocycles. The van der Waals surface area contributed by atoms with Gasteiger partial charge in [-0.15, -0.1) is 0 Å². The topological polar surface area (TPSA) is 56.5 Å². The summed E-state index contributed by atoms with van der Waals surface area (Å²) in [5.41, 5.74) is 1.45. The molecule has 0 aliphatic rings. The van der Waals surface area contributed by atoms with E-state index in [1.54, 1.807) is 12.1 Å². The Morgan fingerprint density at radius 3 is 2.54 bits per heavy atom. The normalized spacial score (nSPS) is 10.1. The molecule has 2 aromatic carbocycles. The van der Waals surface area contributed by atoms with Crippen LogP contribution in [0.15, 0.2) is 57.7 Å². The Labute approximate surface area is 138 Å². The summed E-state index contributed by atoms with van der Waals surface area (Å²) in [6.07, 6.45) is 0. The van der Waals surface area contributed by atoms with Gasteiger partial charge in [0.1, 0.15) is 5.58 Å². The standard InChI is InChI=1S/C20H14O4/c1-13-8-11-18-17(12-13)19(23-14(2)21)16(20(22)24-18)10-9-15-6-4-3-5-7-15/h3-8,11-12H,1-2H3. The minimum atomic E-state index is -0.633. The van der Waals surface area contributed by atoms with E-state index < -0.39 is 11.6 Å². The number of ether oxygens (including phenoxy) is 1. The van der Waals surface area contributed by atoms with Crippen LogP contribution in [0, 0.1) is 18.8 Å². The smallest absolute Gasteiger partial charge is 0.356 e. The lowest BCUT2D eigenvalue weighted by molar-refractivity contribution is -0.131. The molecule has 0 unspecified atom stereocenters. The van der Waals surface area contributed by atoms with Crippen molar-refractivity contribution in [1.29, 1.82) is 0 Å². The summed E-state index contributed by atoms with van der Waals surface area (Å²) >= 11 is 0. The number of benzene rings is 2. The number of esters is 1. The van der Waals surface area contributed by atoms with E-state index in [4.69, 9.17) is 9.15 Å². The summed E-state index contributed by atoms with van der Waals surface area (Å²) < 4.78 is 10.6. The van der Waals surface area contributed by atoms with Crippen LogP contribution in [0.5, 0.6) is 5.75 Å². The minimum absolute atomic E-state index is 0.0344. The molecule has 1 heterocycles. The number of aryl methyl sites for hydroxylation is 1. The van der Waals surface area contributed by atoms with Crippen molar-refractivity contribution in [2.24, 2.45) is 0 Å². The average Bonchev–Trinajstić information content (AvgIpc) is 2.55. The molecule has 0 saturated heterocycles. The maximum absolute atomic E-state index is 12.3. The predicted octanol–water partition coefficient (Wildman–Crippen LogP) is 3.43. The highest BCUT2D eigenvalue weighted by atomic mass is 16.5. The van der Waals surface area contributed by atoms with Crippen molar-refractivity contribution in [2.75, 3.05) is 0 Å². The van der Waals surface area contributed by atoms with Gasteiger partial charge in [-0.1, -0.05) is 41.7 Å². The Hall–Kier alpha value is -3.32. The van der Waals surface area contributed by atoms with E-state index >= 15 is 0 Å². The van der Waals surface area contributed by atoms with Gasteiger partial charge in [-0.05, 0) is 31.2 Å². The first-order chi connectivity index (χ1) is 11.5. The lowest BCUT2D eigenvalue weighted by atomic mass is 10.1. The summed E-state index contributed by atoms with van der Waals surface area (Å²) in [6.45, 7) is 3.18. The molecular formula is C20H14O4. The third-order valence-electron chi connectivity index (χ3n) is 3.36. The number of carbonyl (C=O) groups is 1. The van der Waals surface area contributed by atoms with Crippen LogP contribution in [0.2, 0.25) is 0 Å². The highest BCUT2D eigenvalue weighted by Gasteiger charge is 2.16. The van der Waals surface area contributed by atoms with Crippen LogP contribution in [0.25, 0.3) is 11.0 Å². The number of rotatable bonds is 1. The monoisotopic (exact) mass is 318 g/mol. The molecule has 0 spiro atoms. The number of carbonyl (C=O) groups excluding carboxylic acids is 1. The van der Waals surface area contributed by atoms with Gasteiger partial charge in [-0.3, -0.25) is 4.79 Å². The molecule has 0 aliphatic carbocycles. The first kappa shape index (κ1) is 15.6. The maximum Gasteiger partial charge on any atom is 0.356 e. The molecule has 0 atom stereocenters. The Kier molecular flexibility index (Phi) is 4.17. The molecule has 118 valence electrons. The third-order valence-corrected chi connectivity index (χ3v) is 3.36. The molecule has 0 bridgehead atoms. The zero-order chi connectivity index (χ0) is 17.1. The summed E-state index contributed by atoms with van der Waals surface area (Å²) in [4.78, 5) is 23.8. The lowest BCUT2D eigenvalue weighted by Gasteiger charge is -2.08. The maximum atomic E-state index is 12.3. The first-order valence-corrected chi connectivity index (χ1v) is 7.37. The van der Waals surface area contributed by atoms with Crippen molar-refractivity contribution in [2.45, 2.75) is 13.8 Å². The fraction of sp³-hybridized carbons (Fsp3) is 0.100. The van der Waals surface area contributed by atoms with Crippen molar-refractivity contribution in [3.63, 3.8) is 0 Å². The zero-order valence-corrected chi connectivity index (χ0v) is 13.3. The Morgan fingerprint density at radius 2 is 1.83 bits per heavy atom. The van der Waals surface area contributed by atoms with Crippen molar-refractivity contribution in [3.8, 4) is 17.6 Å². The summed E-state index contributed by atoms with van der Waals surface area (Å²) in [5.74, 6) is 5.29. The number of hydrogen-bond acceptors (Lipinski definition) is 4. The molecule has 4 nitrogen and oxygen atoms in total. The molecule has 3 rings (SSSR count). The molecule has 0 N–H and O–H groups in total. The van der Waals surface area contributed by atoms with E-state index in [1.165, 1.54) is 6.92 Å². The highest BCUT2D eigenvalue weighted by molar-refractivity contribution is 5.88. The second kappa shape index (κ2) is 6.43. The van der Waals surface area contributed by atoms with Crippen molar-refractivity contribution in [1.82, 2.24) is 0 Å². The van der Waals surface area contributed by atoms with Gasteiger partial charge < -0.3 is 9.15 Å². The molecular weight excluding hydrogens is 304 g/mol. The third kappa shape index (κ3) is 3.21. The van der Waals surface area contributed by atoms with Crippen LogP contribution in [-0.2, 0) is 4.79 Å². The molecule has 3 aromatic rings. The summed E-state index contributed by atoms with van der Waals surface area (Å²) in [7, 11) is 0. The predicted molar refractivity (Wildman–Crippen MR) is 91.0 cm³/mol. The van der Waals surface area contributed by atoms with Gasteiger partial charge in [0.15, 0.2) is 11.3 Å². The largest absolute Gasteiger partial charge is 0.424 e. The van der Waals surface area contributed by atoms with Crippen LogP contribution in [-0.4, -0.2) is 5.97 Å². The van der Waals surface area contributed by atoms with E-state index in [2.05, 4.69) is 11.8 Å². The van der Waals surface area contributed by atoms with E-state index in [-0.39, 0.29) is 11.3 Å². The Bertz CT molecular complexity index is 1030. The van der Waals surface area contributed by atoms with Crippen molar-refractivity contribution >= 4 is 16.9 Å². The molecule has 0 aliphatic heterocycles. The Balaban J connectivity index is 2.26. The van der Waals surface area contributed by atoms with E-state index in [1.807, 2.05) is 43.3 Å². The zero-order valence-electron chi connectivity index (χ0n) is 13.3. The van der Waals surface area contributed by atoms with E-state index in [0.717, 1.165) is 11.1 Å². The molecule has 0 amide bonds. The molecule has 0 radical (unpaired) electrons. The van der Waals surface area contributed by atoms with Gasteiger partial charge >= 0.3 is 11.6 Å². The van der Waals surface area contributed by atoms with E-state index in [0.29, 0.717) is 11.0 Å². The van der Waals surface area contributed by atoms with Crippen molar-refractivity contribution in [3.05, 3.63) is 75.6 Å². The van der Waals surface area contributed by atoms with Crippen LogP contribution in [0.1, 0.15) is 23.6 Å². The SMILES string of the molecule is CC(=O)Oc1c(C#Cc2ccccc2)c(=O)oc2ccc(C)cc12. The molecule has 0 fully saturated rings. The molecule has 4 heteroatoms. The molecule has 24 heavy (non-hydrogen) atoms. The van der Waals surface area contributed by atoms with Gasteiger partial charge in [0.05, 0.1) is 5.39 Å². The van der Waals surface area contributed by atoms with Gasteiger partial charge in [-0.25, -0.2) is 4.79 Å². The highest BCUT2D eigenvalue weighted by Crippen LogP contribution is 2.28. The van der Waals surface area contributed by atoms with Gasteiger partial charge in [-0.2, -0.15) is 0 Å². The first-order valence-electron chi connectivity index (χ1n) is 7.37. The van der Waals surface area contributed by atoms with Crippen LogP contribution in [0.4, 0.5) is 0 Å².